The molecule has 2 rings (SSSR count). The third-order valence-electron chi connectivity index (χ3n) is 4.20. The minimum Gasteiger partial charge on any atom is -0.504 e. The van der Waals surface area contributed by atoms with Gasteiger partial charge in [-0.2, -0.15) is 0 Å². The molecule has 1 aromatic carbocycles. The van der Waals surface area contributed by atoms with Crippen molar-refractivity contribution in [3.63, 3.8) is 0 Å². The first kappa shape index (κ1) is 19.5. The molecule has 1 saturated heterocycles. The quantitative estimate of drug-likeness (QED) is 0.848. The van der Waals surface area contributed by atoms with E-state index in [1.807, 2.05) is 0 Å². The summed E-state index contributed by atoms with van der Waals surface area (Å²) in [6.07, 6.45) is 1.34. The lowest BCUT2D eigenvalue weighted by Gasteiger charge is -2.37. The standard InChI is InChI=1S/C16H24N2O4.ClH/c1-18(11-12-4-5-13(19)14(10-12)21-2)15(20)16(22-3)6-8-17-9-7-16;/h4-5,10,17,19H,6-9,11H2,1-3H3;1H. The molecule has 0 saturated carbocycles. The Labute approximate surface area is 143 Å². The average Bonchev–Trinajstić information content (AvgIpc) is 2.56. The number of phenolic OH excluding ortho intramolecular Hbond substituents is 1. The molecule has 0 aliphatic carbocycles. The van der Waals surface area contributed by atoms with Gasteiger partial charge in [0.1, 0.15) is 5.60 Å². The van der Waals surface area contributed by atoms with Crippen molar-refractivity contribution in [1.82, 2.24) is 10.2 Å². The summed E-state index contributed by atoms with van der Waals surface area (Å²) in [6, 6.07) is 5.09. The number of methoxy groups -OCH3 is 2. The van der Waals surface area contributed by atoms with Crippen LogP contribution in [0.2, 0.25) is 0 Å². The van der Waals surface area contributed by atoms with Gasteiger partial charge in [0.05, 0.1) is 7.11 Å². The molecule has 130 valence electrons. The van der Waals surface area contributed by atoms with E-state index in [1.165, 1.54) is 7.11 Å². The normalized spacial score (nSPS) is 16.3. The lowest BCUT2D eigenvalue weighted by atomic mass is 9.90. The summed E-state index contributed by atoms with van der Waals surface area (Å²) in [5, 5.41) is 12.9. The van der Waals surface area contributed by atoms with Gasteiger partial charge in [0.2, 0.25) is 0 Å². The number of nitrogens with one attached hydrogen (secondary N) is 1. The number of phenols is 1. The van der Waals surface area contributed by atoms with Gasteiger partial charge in [0.25, 0.3) is 5.91 Å². The Bertz CT molecular complexity index is 533. The first-order valence-corrected chi connectivity index (χ1v) is 7.40. The third-order valence-corrected chi connectivity index (χ3v) is 4.20. The minimum atomic E-state index is -0.735. The van der Waals surface area contributed by atoms with Crippen molar-refractivity contribution in [1.29, 1.82) is 0 Å². The van der Waals surface area contributed by atoms with Gasteiger partial charge in [0, 0.05) is 20.7 Å². The largest absolute Gasteiger partial charge is 0.504 e. The Morgan fingerprint density at radius 2 is 2.00 bits per heavy atom. The number of nitrogens with zero attached hydrogens (tertiary/aromatic N) is 1. The maximum absolute atomic E-state index is 12.8. The van der Waals surface area contributed by atoms with Gasteiger partial charge >= 0.3 is 0 Å². The van der Waals surface area contributed by atoms with Crippen LogP contribution in [0.15, 0.2) is 18.2 Å². The van der Waals surface area contributed by atoms with E-state index in [-0.39, 0.29) is 24.1 Å². The summed E-state index contributed by atoms with van der Waals surface area (Å²) < 4.78 is 10.7. The van der Waals surface area contributed by atoms with Crippen molar-refractivity contribution < 1.29 is 19.4 Å². The molecule has 0 bridgehead atoms. The van der Waals surface area contributed by atoms with Gasteiger partial charge in [0.15, 0.2) is 11.5 Å². The molecule has 7 heteroatoms. The van der Waals surface area contributed by atoms with E-state index in [0.29, 0.717) is 25.1 Å². The van der Waals surface area contributed by atoms with E-state index < -0.39 is 5.60 Å². The Morgan fingerprint density at radius 3 is 2.57 bits per heavy atom. The van der Waals surface area contributed by atoms with Crippen LogP contribution in [0, 0.1) is 0 Å². The van der Waals surface area contributed by atoms with Crippen LogP contribution in [0.1, 0.15) is 18.4 Å². The topological polar surface area (TPSA) is 71.0 Å². The molecule has 1 aromatic rings. The molecule has 0 spiro atoms. The molecule has 1 aliphatic heterocycles. The first-order chi connectivity index (χ1) is 10.5. The van der Waals surface area contributed by atoms with Crippen LogP contribution in [0.5, 0.6) is 11.5 Å². The molecule has 1 heterocycles. The average molecular weight is 345 g/mol. The van der Waals surface area contributed by atoms with Crippen LogP contribution >= 0.6 is 12.4 Å². The smallest absolute Gasteiger partial charge is 0.254 e. The molecule has 23 heavy (non-hydrogen) atoms. The second-order valence-electron chi connectivity index (χ2n) is 5.62. The molecule has 0 atom stereocenters. The number of ether oxygens (including phenoxy) is 2. The van der Waals surface area contributed by atoms with Crippen LogP contribution in [-0.4, -0.2) is 55.9 Å². The summed E-state index contributed by atoms with van der Waals surface area (Å²) in [5.41, 5.74) is 0.159. The maximum atomic E-state index is 12.8. The van der Waals surface area contributed by atoms with E-state index in [4.69, 9.17) is 9.47 Å². The molecule has 0 unspecified atom stereocenters. The van der Waals surface area contributed by atoms with Crippen LogP contribution in [0.3, 0.4) is 0 Å². The number of piperidine rings is 1. The Balaban J connectivity index is 0.00000264. The van der Waals surface area contributed by atoms with Crippen molar-refractivity contribution in [2.45, 2.75) is 25.0 Å². The van der Waals surface area contributed by atoms with Crippen molar-refractivity contribution in [2.75, 3.05) is 34.4 Å². The summed E-state index contributed by atoms with van der Waals surface area (Å²) in [6.45, 7) is 1.99. The predicted octanol–water partition coefficient (Wildman–Crippen LogP) is 1.55. The number of aromatic hydroxyl groups is 1. The number of hydrogen-bond donors (Lipinski definition) is 2. The predicted molar refractivity (Wildman–Crippen MR) is 90.2 cm³/mol. The van der Waals surface area contributed by atoms with E-state index in [9.17, 15) is 9.90 Å². The minimum absolute atomic E-state index is 0. The van der Waals surface area contributed by atoms with Gasteiger partial charge < -0.3 is 24.8 Å². The van der Waals surface area contributed by atoms with Gasteiger partial charge in [-0.05, 0) is 43.6 Å². The number of halogens is 1. The molecule has 1 aliphatic rings. The maximum Gasteiger partial charge on any atom is 0.254 e. The number of amides is 1. The van der Waals surface area contributed by atoms with Gasteiger partial charge in [-0.25, -0.2) is 0 Å². The van der Waals surface area contributed by atoms with Crippen LogP contribution in [0.4, 0.5) is 0 Å². The molecule has 1 fully saturated rings. The monoisotopic (exact) mass is 344 g/mol. The van der Waals surface area contributed by atoms with E-state index >= 15 is 0 Å². The lowest BCUT2D eigenvalue weighted by Crippen LogP contribution is -2.54. The zero-order valence-corrected chi connectivity index (χ0v) is 14.6. The summed E-state index contributed by atoms with van der Waals surface area (Å²) >= 11 is 0. The second kappa shape index (κ2) is 8.38. The molecule has 2 N–H and O–H groups in total. The lowest BCUT2D eigenvalue weighted by molar-refractivity contribution is -0.157. The fraction of sp³-hybridized carbons (Fsp3) is 0.562. The molecular weight excluding hydrogens is 320 g/mol. The van der Waals surface area contributed by atoms with Crippen LogP contribution in [-0.2, 0) is 16.1 Å². The number of rotatable bonds is 5. The van der Waals surface area contributed by atoms with E-state index in [2.05, 4.69) is 5.32 Å². The zero-order valence-electron chi connectivity index (χ0n) is 13.8. The highest BCUT2D eigenvalue weighted by molar-refractivity contribution is 5.85. The van der Waals surface area contributed by atoms with Crippen molar-refractivity contribution in [3.8, 4) is 11.5 Å². The molecular formula is C16H25ClN2O4. The fourth-order valence-corrected chi connectivity index (χ4v) is 2.85. The van der Waals surface area contributed by atoms with Gasteiger partial charge in [-0.1, -0.05) is 6.07 Å². The second-order valence-corrected chi connectivity index (χ2v) is 5.62. The van der Waals surface area contributed by atoms with Crippen LogP contribution < -0.4 is 10.1 Å². The highest BCUT2D eigenvalue weighted by Gasteiger charge is 2.41. The summed E-state index contributed by atoms with van der Waals surface area (Å²) in [7, 11) is 4.87. The molecule has 0 aromatic heterocycles. The number of hydrogen-bond acceptors (Lipinski definition) is 5. The summed E-state index contributed by atoms with van der Waals surface area (Å²) in [5.74, 6) is 0.483. The third kappa shape index (κ3) is 4.28. The first-order valence-electron chi connectivity index (χ1n) is 7.40. The number of carbonyl (C=O) groups excluding carboxylic acids is 1. The van der Waals surface area contributed by atoms with Gasteiger partial charge in [-0.15, -0.1) is 12.4 Å². The van der Waals surface area contributed by atoms with Crippen molar-refractivity contribution in [3.05, 3.63) is 23.8 Å². The zero-order chi connectivity index (χ0) is 16.2. The Kier molecular flexibility index (Phi) is 7.12. The Hall–Kier alpha value is -1.50. The number of carbonyl (C=O) groups is 1. The molecule has 6 nitrogen and oxygen atoms in total. The number of benzene rings is 1. The van der Waals surface area contributed by atoms with Crippen molar-refractivity contribution >= 4 is 18.3 Å². The van der Waals surface area contributed by atoms with Crippen LogP contribution in [0.25, 0.3) is 0 Å². The summed E-state index contributed by atoms with van der Waals surface area (Å²) in [4.78, 5) is 14.4. The van der Waals surface area contributed by atoms with E-state index in [1.54, 1.807) is 37.3 Å². The highest BCUT2D eigenvalue weighted by atomic mass is 35.5. The Morgan fingerprint density at radius 1 is 1.35 bits per heavy atom. The highest BCUT2D eigenvalue weighted by Crippen LogP contribution is 2.28. The number of likely N-dealkylation sites (N-methyl/N-ethyl adjacent to an activating group) is 1. The van der Waals surface area contributed by atoms with E-state index in [0.717, 1.165) is 18.7 Å². The SMILES string of the molecule is COc1cc(CN(C)C(=O)C2(OC)CCNCC2)ccc1O.Cl. The fourth-order valence-electron chi connectivity index (χ4n) is 2.85. The molecule has 0 radical (unpaired) electrons. The molecule has 1 amide bonds. The van der Waals surface area contributed by atoms with Crippen molar-refractivity contribution in [2.24, 2.45) is 0 Å². The van der Waals surface area contributed by atoms with Gasteiger partial charge in [-0.3, -0.25) is 4.79 Å².